The van der Waals surface area contributed by atoms with Gasteiger partial charge in [0.2, 0.25) is 0 Å². The first-order valence-corrected chi connectivity index (χ1v) is 21.0. The van der Waals surface area contributed by atoms with Crippen molar-refractivity contribution in [1.29, 1.82) is 5.26 Å². The number of aromatic nitrogens is 3. The highest BCUT2D eigenvalue weighted by Gasteiger charge is 2.22. The highest BCUT2D eigenvalue weighted by atomic mass is 35.5. The molecule has 0 aliphatic heterocycles. The summed E-state index contributed by atoms with van der Waals surface area (Å²) in [7, 11) is 1.49. The summed E-state index contributed by atoms with van der Waals surface area (Å²) in [5.74, 6) is -0.464. The lowest BCUT2D eigenvalue weighted by atomic mass is 9.94. The minimum Gasteiger partial charge on any atom is -0.496 e. The van der Waals surface area contributed by atoms with Crippen LogP contribution < -0.4 is 24.8 Å². The molecule has 64 heavy (non-hydrogen) atoms. The lowest BCUT2D eigenvalue weighted by Crippen LogP contribution is -2.41. The molecule has 0 aliphatic carbocycles. The number of aliphatic hydroxyl groups excluding tert-OH is 2. The molecule has 0 amide bonds. The molecule has 2 unspecified atom stereocenters. The van der Waals surface area contributed by atoms with Crippen LogP contribution in [0.1, 0.15) is 52.8 Å². The third-order valence-electron chi connectivity index (χ3n) is 10.4. The number of ether oxygens (including phenoxy) is 4. The molecule has 15 nitrogen and oxygen atoms in total. The number of hydrogen-bond donors (Lipinski definition) is 5. The number of halogens is 2. The van der Waals surface area contributed by atoms with Crippen LogP contribution in [0.4, 0.5) is 0 Å². The lowest BCUT2D eigenvalue weighted by molar-refractivity contribution is -0.151. The molecule has 17 heteroatoms. The summed E-state index contributed by atoms with van der Waals surface area (Å²) in [4.78, 5) is 28.1. The molecule has 334 valence electrons. The number of carbonyl (C=O) groups is 2. The van der Waals surface area contributed by atoms with Gasteiger partial charge in [-0.2, -0.15) is 10.4 Å². The lowest BCUT2D eigenvalue weighted by Gasteiger charge is -2.19. The van der Waals surface area contributed by atoms with Crippen LogP contribution in [0.2, 0.25) is 10.0 Å². The van der Waals surface area contributed by atoms with E-state index in [0.29, 0.717) is 55.1 Å². The molecule has 4 aromatic carbocycles. The van der Waals surface area contributed by atoms with Gasteiger partial charge in [0.25, 0.3) is 0 Å². The number of rotatable bonds is 21. The molecule has 0 aliphatic rings. The fourth-order valence-corrected chi connectivity index (χ4v) is 7.47. The van der Waals surface area contributed by atoms with Gasteiger partial charge in [-0.15, -0.1) is 0 Å². The SMILES string of the molecule is COc1cc(OCc2cccc(-c3cccc4c3cnn4Cc3cc(OCc4cncc(C#N)c4)c(CNC(CO)C(=O)OC(C)C)cc3Cl)c2C)c(Cl)cc1CNC(CO)C(=O)O. The number of carboxylic acid groups (broad SMARTS) is 1. The molecule has 2 heterocycles. The van der Waals surface area contributed by atoms with E-state index in [1.165, 1.54) is 13.3 Å². The number of nitriles is 1. The third kappa shape index (κ3) is 11.5. The van der Waals surface area contributed by atoms with Crippen molar-refractivity contribution in [3.63, 3.8) is 0 Å². The van der Waals surface area contributed by atoms with Gasteiger partial charge in [0.05, 0.1) is 55.3 Å². The Kier molecular flexibility index (Phi) is 16.2. The Labute approximate surface area is 380 Å². The van der Waals surface area contributed by atoms with Crippen molar-refractivity contribution in [1.82, 2.24) is 25.4 Å². The number of hydrogen-bond acceptors (Lipinski definition) is 13. The fraction of sp³-hybridized carbons (Fsp3) is 0.298. The second kappa shape index (κ2) is 21.9. The van der Waals surface area contributed by atoms with Gasteiger partial charge >= 0.3 is 11.9 Å². The first kappa shape index (κ1) is 47.2. The molecular weight excluding hydrogens is 863 g/mol. The van der Waals surface area contributed by atoms with Gasteiger partial charge in [-0.05, 0) is 78.9 Å². The molecule has 0 saturated heterocycles. The van der Waals surface area contributed by atoms with Crippen LogP contribution >= 0.6 is 23.2 Å². The number of nitrogens with one attached hydrogen (secondary N) is 2. The number of carboxylic acids is 1. The number of methoxy groups -OCH3 is 1. The van der Waals surface area contributed by atoms with Crippen LogP contribution in [-0.2, 0) is 47.2 Å². The second-order valence-electron chi connectivity index (χ2n) is 15.1. The van der Waals surface area contributed by atoms with Crippen molar-refractivity contribution in [2.75, 3.05) is 20.3 Å². The van der Waals surface area contributed by atoms with E-state index in [1.807, 2.05) is 60.3 Å². The Hall–Kier alpha value is -6.25. The molecule has 2 atom stereocenters. The average molecular weight is 912 g/mol. The molecular formula is C47H48Cl2N6O9. The topological polar surface area (TPSA) is 210 Å². The zero-order chi connectivity index (χ0) is 45.9. The number of esters is 1. The van der Waals surface area contributed by atoms with Gasteiger partial charge in [-0.3, -0.25) is 29.9 Å². The van der Waals surface area contributed by atoms with Gasteiger partial charge < -0.3 is 34.3 Å². The molecule has 6 rings (SSSR count). The molecule has 0 bridgehead atoms. The molecule has 2 aromatic heterocycles. The van der Waals surface area contributed by atoms with Crippen LogP contribution in [0.15, 0.2) is 85.3 Å². The third-order valence-corrected chi connectivity index (χ3v) is 11.0. The number of fused-ring (bicyclic) bond motifs is 1. The number of benzene rings is 4. The minimum absolute atomic E-state index is 0.0980. The maximum Gasteiger partial charge on any atom is 0.325 e. The highest BCUT2D eigenvalue weighted by molar-refractivity contribution is 6.32. The van der Waals surface area contributed by atoms with Crippen molar-refractivity contribution in [2.24, 2.45) is 0 Å². The molecule has 0 radical (unpaired) electrons. The minimum atomic E-state index is -1.17. The number of nitrogens with zero attached hydrogens (tertiary/aromatic N) is 4. The fourth-order valence-electron chi connectivity index (χ4n) is 6.98. The van der Waals surface area contributed by atoms with E-state index in [4.69, 9.17) is 47.2 Å². The van der Waals surface area contributed by atoms with E-state index in [9.17, 15) is 30.2 Å². The number of aliphatic carboxylic acids is 1. The molecule has 6 aromatic rings. The maximum absolute atomic E-state index is 12.6. The Morgan fingerprint density at radius 3 is 2.20 bits per heavy atom. The summed E-state index contributed by atoms with van der Waals surface area (Å²) in [6, 6.07) is 20.5. The predicted octanol–water partition coefficient (Wildman–Crippen LogP) is 6.74. The maximum atomic E-state index is 12.6. The quantitative estimate of drug-likeness (QED) is 0.0474. The summed E-state index contributed by atoms with van der Waals surface area (Å²) in [6.45, 7) is 5.24. The van der Waals surface area contributed by atoms with Crippen LogP contribution in [0, 0.1) is 18.3 Å². The highest BCUT2D eigenvalue weighted by Crippen LogP contribution is 2.36. The van der Waals surface area contributed by atoms with E-state index >= 15 is 0 Å². The van der Waals surface area contributed by atoms with Gasteiger partial charge in [-0.25, -0.2) is 0 Å². The van der Waals surface area contributed by atoms with E-state index in [-0.39, 0.29) is 39.0 Å². The number of carbonyl (C=O) groups excluding carboxylic acids is 1. The van der Waals surface area contributed by atoms with Gasteiger partial charge in [0.15, 0.2) is 0 Å². The van der Waals surface area contributed by atoms with E-state index in [1.54, 1.807) is 44.3 Å². The number of aliphatic hydroxyl groups is 2. The monoisotopic (exact) mass is 910 g/mol. The van der Waals surface area contributed by atoms with Crippen LogP contribution in [-0.4, -0.2) is 80.5 Å². The average Bonchev–Trinajstić information content (AvgIpc) is 3.69. The molecule has 5 N–H and O–H groups in total. The summed E-state index contributed by atoms with van der Waals surface area (Å²) in [5.41, 5.74) is 7.72. The standard InChI is InChI=1S/C47H48Cl2N6O9/c1-27(2)64-47(60)41(24-57)53-20-33-12-38(48)34(14-44(33)62-25-30-11-29(16-50)17-51-18-30)22-55-42-10-6-9-36(37(42)21-54-55)35-8-5-7-31(28(35)3)26-63-45-15-43(61-4)32(13-39(45)49)19-52-40(23-56)46(58)59/h5-15,17-18,21,27,40-41,52-53,56-57H,19-20,22-26H2,1-4H3,(H,58,59). The van der Waals surface area contributed by atoms with E-state index < -0.39 is 37.2 Å². The zero-order valence-corrected chi connectivity index (χ0v) is 37.1. The molecule has 0 saturated carbocycles. The largest absolute Gasteiger partial charge is 0.496 e. The van der Waals surface area contributed by atoms with Gasteiger partial charge in [0, 0.05) is 58.6 Å². The van der Waals surface area contributed by atoms with Gasteiger partial charge in [-0.1, -0.05) is 53.5 Å². The number of pyridine rings is 1. The zero-order valence-electron chi connectivity index (χ0n) is 35.6. The van der Waals surface area contributed by atoms with Crippen LogP contribution in [0.25, 0.3) is 22.0 Å². The first-order valence-electron chi connectivity index (χ1n) is 20.3. The Morgan fingerprint density at radius 1 is 0.812 bits per heavy atom. The van der Waals surface area contributed by atoms with Crippen molar-refractivity contribution in [2.45, 2.75) is 71.8 Å². The van der Waals surface area contributed by atoms with Crippen molar-refractivity contribution in [3.05, 3.63) is 134 Å². The van der Waals surface area contributed by atoms with Crippen molar-refractivity contribution >= 4 is 46.0 Å². The van der Waals surface area contributed by atoms with Crippen LogP contribution in [0.5, 0.6) is 17.2 Å². The predicted molar refractivity (Wildman–Crippen MR) is 240 cm³/mol. The molecule has 0 spiro atoms. The van der Waals surface area contributed by atoms with Gasteiger partial charge in [0.1, 0.15) is 48.6 Å². The Balaban J connectivity index is 1.24. The van der Waals surface area contributed by atoms with Crippen molar-refractivity contribution in [3.8, 4) is 34.4 Å². The summed E-state index contributed by atoms with van der Waals surface area (Å²) >= 11 is 13.6. The Morgan fingerprint density at radius 2 is 1.50 bits per heavy atom. The summed E-state index contributed by atoms with van der Waals surface area (Å²) in [5, 5.41) is 50.3. The van der Waals surface area contributed by atoms with E-state index in [0.717, 1.165) is 33.2 Å². The Bertz CT molecular complexity index is 2670. The second-order valence-corrected chi connectivity index (χ2v) is 15.9. The van der Waals surface area contributed by atoms with Crippen LogP contribution in [0.3, 0.4) is 0 Å². The summed E-state index contributed by atoms with van der Waals surface area (Å²) in [6.07, 6.45) is 4.55. The van der Waals surface area contributed by atoms with Crippen molar-refractivity contribution < 1.29 is 43.9 Å². The van der Waals surface area contributed by atoms with E-state index in [2.05, 4.69) is 21.7 Å². The molecule has 0 fully saturated rings. The normalized spacial score (nSPS) is 12.2. The smallest absolute Gasteiger partial charge is 0.325 e. The first-order chi connectivity index (χ1) is 30.8. The summed E-state index contributed by atoms with van der Waals surface area (Å²) < 4.78 is 25.2.